The number of aryl methyl sites for hydroxylation is 1. The average molecular weight is 369 g/mol. The third-order valence-corrected chi connectivity index (χ3v) is 5.37. The van der Waals surface area contributed by atoms with Crippen molar-refractivity contribution in [1.29, 1.82) is 0 Å². The minimum absolute atomic E-state index is 0.264. The molecule has 0 fully saturated rings. The number of carbonyl (C=O) groups excluding carboxylic acids is 1. The van der Waals surface area contributed by atoms with Crippen molar-refractivity contribution in [1.82, 2.24) is 0 Å². The van der Waals surface area contributed by atoms with Gasteiger partial charge in [0.15, 0.2) is 15.8 Å². The first-order valence-corrected chi connectivity index (χ1v) is 9.93. The molecule has 0 bridgehead atoms. The van der Waals surface area contributed by atoms with Gasteiger partial charge < -0.3 is 11.5 Å². The number of guanidine groups is 1. The maximum absolute atomic E-state index is 12.2. The molecule has 6 nitrogen and oxygen atoms in total. The lowest BCUT2D eigenvalue weighted by Crippen LogP contribution is -2.24. The largest absolute Gasteiger partial charge is 0.370 e. The summed E-state index contributed by atoms with van der Waals surface area (Å²) in [5, 5.41) is 0. The van der Waals surface area contributed by atoms with Gasteiger partial charge in [-0.05, 0) is 47.7 Å². The molecule has 0 aliphatic heterocycles. The van der Waals surface area contributed by atoms with Gasteiger partial charge in [0.2, 0.25) is 0 Å². The van der Waals surface area contributed by atoms with Gasteiger partial charge in [0.25, 0.3) is 5.91 Å². The lowest BCUT2D eigenvalue weighted by atomic mass is 9.86. The Bertz CT molecular complexity index is 1050. The first-order valence-electron chi connectivity index (χ1n) is 8.04. The Morgan fingerprint density at radius 3 is 2.50 bits per heavy atom. The quantitative estimate of drug-likeness (QED) is 0.633. The zero-order valence-electron chi connectivity index (χ0n) is 14.3. The maximum Gasteiger partial charge on any atom is 0.280 e. The van der Waals surface area contributed by atoms with Crippen molar-refractivity contribution in [2.75, 3.05) is 6.26 Å². The van der Waals surface area contributed by atoms with Gasteiger partial charge in [-0.3, -0.25) is 4.79 Å². The Kier molecular flexibility index (Phi) is 4.65. The highest BCUT2D eigenvalue weighted by Crippen LogP contribution is 2.35. The summed E-state index contributed by atoms with van der Waals surface area (Å²) in [7, 11) is -3.39. The standard InChI is InChI=1S/C19H19N3O3S/c1-26(24,25)17-8-3-2-6-15(17)14-7-4-5-12-9-10-13(11-16(12)14)18(23)22-19(20)21/h2-3,6-11H,4-5H2,1H3,(H4,20,21,22,23). The number of nitrogens with two attached hydrogens (primary N) is 2. The Balaban J connectivity index is 2.16. The molecule has 26 heavy (non-hydrogen) atoms. The number of nitrogens with zero attached hydrogens (tertiary/aromatic N) is 1. The fourth-order valence-corrected chi connectivity index (χ4v) is 4.01. The van der Waals surface area contributed by atoms with Crippen LogP contribution in [0.15, 0.2) is 58.4 Å². The molecule has 0 spiro atoms. The third kappa shape index (κ3) is 3.52. The molecule has 0 aromatic heterocycles. The van der Waals surface area contributed by atoms with Crippen molar-refractivity contribution < 1.29 is 13.2 Å². The zero-order chi connectivity index (χ0) is 18.9. The predicted octanol–water partition coefficient (Wildman–Crippen LogP) is 1.88. The number of carbonyl (C=O) groups is 1. The van der Waals surface area contributed by atoms with Crippen LogP contribution >= 0.6 is 0 Å². The average Bonchev–Trinajstić information content (AvgIpc) is 2.59. The van der Waals surface area contributed by atoms with E-state index in [1.807, 2.05) is 12.1 Å². The molecule has 0 heterocycles. The number of benzene rings is 2. The fourth-order valence-electron chi connectivity index (χ4n) is 3.11. The van der Waals surface area contributed by atoms with Crippen molar-refractivity contribution in [2.24, 2.45) is 16.5 Å². The van der Waals surface area contributed by atoms with Gasteiger partial charge >= 0.3 is 0 Å². The minimum Gasteiger partial charge on any atom is -0.370 e. The van der Waals surface area contributed by atoms with Gasteiger partial charge in [0, 0.05) is 17.4 Å². The second-order valence-electron chi connectivity index (χ2n) is 6.14. The number of amides is 1. The first-order chi connectivity index (χ1) is 12.3. The van der Waals surface area contributed by atoms with Crippen LogP contribution in [0.2, 0.25) is 0 Å². The summed E-state index contributed by atoms with van der Waals surface area (Å²) in [6.45, 7) is 0. The van der Waals surface area contributed by atoms with E-state index in [1.165, 1.54) is 6.26 Å². The number of hydrogen-bond donors (Lipinski definition) is 2. The van der Waals surface area contributed by atoms with E-state index in [2.05, 4.69) is 4.99 Å². The maximum atomic E-state index is 12.2. The second kappa shape index (κ2) is 6.76. The summed E-state index contributed by atoms with van der Waals surface area (Å²) >= 11 is 0. The molecule has 0 saturated carbocycles. The summed E-state index contributed by atoms with van der Waals surface area (Å²) in [5.74, 6) is -0.833. The summed E-state index contributed by atoms with van der Waals surface area (Å²) < 4.78 is 24.4. The molecule has 134 valence electrons. The van der Waals surface area contributed by atoms with Crippen LogP contribution in [0, 0.1) is 0 Å². The minimum atomic E-state index is -3.39. The van der Waals surface area contributed by atoms with Gasteiger partial charge in [-0.1, -0.05) is 30.3 Å². The molecule has 1 amide bonds. The lowest BCUT2D eigenvalue weighted by Gasteiger charge is -2.20. The van der Waals surface area contributed by atoms with Crippen LogP contribution in [0.3, 0.4) is 0 Å². The highest BCUT2D eigenvalue weighted by atomic mass is 32.2. The summed E-state index contributed by atoms with van der Waals surface area (Å²) in [4.78, 5) is 16.0. The van der Waals surface area contributed by atoms with Gasteiger partial charge in [-0.2, -0.15) is 4.99 Å². The Hall–Kier alpha value is -2.93. The van der Waals surface area contributed by atoms with Crippen molar-refractivity contribution in [2.45, 2.75) is 17.7 Å². The van der Waals surface area contributed by atoms with Crippen LogP contribution in [0.1, 0.15) is 33.5 Å². The summed E-state index contributed by atoms with van der Waals surface area (Å²) in [5.41, 5.74) is 14.2. The predicted molar refractivity (Wildman–Crippen MR) is 102 cm³/mol. The molecule has 1 aliphatic rings. The number of rotatable bonds is 3. The summed E-state index contributed by atoms with van der Waals surface area (Å²) in [6, 6.07) is 12.1. The molecule has 0 atom stereocenters. The van der Waals surface area contributed by atoms with Crippen molar-refractivity contribution in [3.63, 3.8) is 0 Å². The second-order valence-corrected chi connectivity index (χ2v) is 8.12. The van der Waals surface area contributed by atoms with Crippen LogP contribution in [-0.4, -0.2) is 26.5 Å². The van der Waals surface area contributed by atoms with E-state index in [4.69, 9.17) is 11.5 Å². The van der Waals surface area contributed by atoms with Crippen molar-refractivity contribution in [3.05, 3.63) is 70.8 Å². The van der Waals surface area contributed by atoms with E-state index < -0.39 is 15.7 Å². The Morgan fingerprint density at radius 1 is 1.08 bits per heavy atom. The van der Waals surface area contributed by atoms with E-state index in [0.717, 1.165) is 29.5 Å². The first kappa shape index (κ1) is 17.9. The molecular weight excluding hydrogens is 350 g/mol. The molecule has 3 rings (SSSR count). The van der Waals surface area contributed by atoms with Crippen LogP contribution in [0.4, 0.5) is 0 Å². The van der Waals surface area contributed by atoms with E-state index in [0.29, 0.717) is 11.1 Å². The van der Waals surface area contributed by atoms with Gasteiger partial charge in [-0.15, -0.1) is 0 Å². The highest BCUT2D eigenvalue weighted by Gasteiger charge is 2.21. The Labute approximate surface area is 152 Å². The van der Waals surface area contributed by atoms with Gasteiger partial charge in [0.05, 0.1) is 4.90 Å². The molecule has 0 saturated heterocycles. The molecule has 7 heteroatoms. The smallest absolute Gasteiger partial charge is 0.280 e. The zero-order valence-corrected chi connectivity index (χ0v) is 15.1. The molecule has 1 aliphatic carbocycles. The number of aliphatic imine (C=N–C) groups is 1. The molecule has 2 aromatic carbocycles. The van der Waals surface area contributed by atoms with Crippen LogP contribution < -0.4 is 11.5 Å². The van der Waals surface area contributed by atoms with Gasteiger partial charge in [0.1, 0.15) is 0 Å². The van der Waals surface area contributed by atoms with E-state index in [-0.39, 0.29) is 10.9 Å². The number of hydrogen-bond acceptors (Lipinski definition) is 3. The lowest BCUT2D eigenvalue weighted by molar-refractivity contribution is 0.100. The topological polar surface area (TPSA) is 116 Å². The summed E-state index contributed by atoms with van der Waals surface area (Å²) in [6.07, 6.45) is 4.80. The van der Waals surface area contributed by atoms with E-state index >= 15 is 0 Å². The van der Waals surface area contributed by atoms with Crippen molar-refractivity contribution in [3.8, 4) is 0 Å². The van der Waals surface area contributed by atoms with Crippen molar-refractivity contribution >= 4 is 27.3 Å². The monoisotopic (exact) mass is 369 g/mol. The Morgan fingerprint density at radius 2 is 1.81 bits per heavy atom. The third-order valence-electron chi connectivity index (χ3n) is 4.22. The van der Waals surface area contributed by atoms with Gasteiger partial charge in [-0.25, -0.2) is 8.42 Å². The number of allylic oxidation sites excluding steroid dienone is 1. The van der Waals surface area contributed by atoms with Crippen LogP contribution in [0.25, 0.3) is 5.57 Å². The SMILES string of the molecule is CS(=O)(=O)c1ccccc1C1=CCCc2ccc(C(=O)N=C(N)N)cc21. The van der Waals surface area contributed by atoms with E-state index in [9.17, 15) is 13.2 Å². The molecule has 0 radical (unpaired) electrons. The molecule has 0 unspecified atom stereocenters. The van der Waals surface area contributed by atoms with Crippen LogP contribution in [-0.2, 0) is 16.3 Å². The number of sulfone groups is 1. The van der Waals surface area contributed by atoms with Crippen LogP contribution in [0.5, 0.6) is 0 Å². The molecule has 4 N–H and O–H groups in total. The normalized spacial score (nSPS) is 13.5. The van der Waals surface area contributed by atoms with E-state index in [1.54, 1.807) is 36.4 Å². The number of fused-ring (bicyclic) bond motifs is 1. The highest BCUT2D eigenvalue weighted by molar-refractivity contribution is 7.90. The molecular formula is C19H19N3O3S. The fraction of sp³-hybridized carbons (Fsp3) is 0.158. The molecule has 2 aromatic rings.